The zero-order chi connectivity index (χ0) is 14.9. The largest absolute Gasteiger partial charge is 0.266 e. The van der Waals surface area contributed by atoms with Crippen molar-refractivity contribution >= 4 is 0 Å². The number of aromatic nitrogens is 2. The van der Waals surface area contributed by atoms with Crippen LogP contribution in [0.1, 0.15) is 56.3 Å². The molecule has 3 heteroatoms. The van der Waals surface area contributed by atoms with Crippen LogP contribution in [0.4, 0.5) is 0 Å². The molecule has 0 fully saturated rings. The van der Waals surface area contributed by atoms with E-state index in [4.69, 9.17) is 5.10 Å². The van der Waals surface area contributed by atoms with E-state index in [0.717, 1.165) is 12.8 Å². The van der Waals surface area contributed by atoms with E-state index in [1.807, 2.05) is 0 Å². The smallest absolute Gasteiger partial charge is 0.0703 e. The first-order valence-electron chi connectivity index (χ1n) is 7.68. The van der Waals surface area contributed by atoms with Gasteiger partial charge < -0.3 is 0 Å². The Labute approximate surface area is 142 Å². The summed E-state index contributed by atoms with van der Waals surface area (Å²) in [7, 11) is 0. The van der Waals surface area contributed by atoms with E-state index >= 15 is 0 Å². The van der Waals surface area contributed by atoms with Crippen LogP contribution >= 0.6 is 0 Å². The zero-order valence-electron chi connectivity index (χ0n) is 13.9. The molecule has 0 spiro atoms. The van der Waals surface area contributed by atoms with Crippen molar-refractivity contribution in [1.29, 1.82) is 0 Å². The minimum absolute atomic E-state index is 0. The van der Waals surface area contributed by atoms with E-state index in [2.05, 4.69) is 64.4 Å². The maximum absolute atomic E-state index is 4.84. The molecule has 1 heterocycles. The van der Waals surface area contributed by atoms with Gasteiger partial charge in [0, 0.05) is 37.7 Å². The summed E-state index contributed by atoms with van der Waals surface area (Å²) in [6, 6.07) is 7.02. The first-order chi connectivity index (χ1) is 9.51. The van der Waals surface area contributed by atoms with Gasteiger partial charge in [-0.3, -0.25) is 4.68 Å². The third-order valence-electron chi connectivity index (χ3n) is 4.04. The van der Waals surface area contributed by atoms with E-state index < -0.39 is 0 Å². The molecule has 0 atom stereocenters. The maximum Gasteiger partial charge on any atom is 0.0703 e. The SMILES string of the molecule is CCc1cccc(C)c1-c1c(CC)nn(C(C)C)c1C.[Pd]. The molecule has 21 heavy (non-hydrogen) atoms. The van der Waals surface area contributed by atoms with Crippen LogP contribution in [0, 0.1) is 13.8 Å². The fourth-order valence-electron chi connectivity index (χ4n) is 3.03. The van der Waals surface area contributed by atoms with Crippen LogP contribution in [0.25, 0.3) is 11.1 Å². The van der Waals surface area contributed by atoms with Gasteiger partial charge in [-0.2, -0.15) is 5.10 Å². The molecule has 1 aromatic heterocycles. The molecule has 0 saturated carbocycles. The summed E-state index contributed by atoms with van der Waals surface area (Å²) in [5.41, 5.74) is 8.05. The molecular weight excluding hydrogens is 351 g/mol. The van der Waals surface area contributed by atoms with Crippen molar-refractivity contribution in [2.24, 2.45) is 0 Å². The molecule has 0 N–H and O–H groups in total. The summed E-state index contributed by atoms with van der Waals surface area (Å²) in [6.07, 6.45) is 2.04. The molecule has 0 saturated heterocycles. The number of rotatable bonds is 4. The van der Waals surface area contributed by atoms with Crippen LogP contribution in [0.5, 0.6) is 0 Å². The summed E-state index contributed by atoms with van der Waals surface area (Å²) < 4.78 is 2.17. The first kappa shape index (κ1) is 18.1. The molecule has 0 aliphatic heterocycles. The standard InChI is InChI=1S/C18H26N2.Pd/c1-7-15-11-9-10-13(5)17(15)18-14(6)20(12(3)4)19-16(18)8-2;/h9-12H,7-8H2,1-6H3;. The molecule has 0 bridgehead atoms. The van der Waals surface area contributed by atoms with Crippen molar-refractivity contribution in [3.05, 3.63) is 40.7 Å². The molecule has 2 nitrogen and oxygen atoms in total. The van der Waals surface area contributed by atoms with Gasteiger partial charge >= 0.3 is 0 Å². The van der Waals surface area contributed by atoms with Crippen molar-refractivity contribution in [3.8, 4) is 11.1 Å². The Kier molecular flexibility index (Phi) is 6.38. The number of hydrogen-bond acceptors (Lipinski definition) is 1. The Morgan fingerprint density at radius 3 is 2.24 bits per heavy atom. The number of benzene rings is 1. The Bertz CT molecular complexity index is 612. The van der Waals surface area contributed by atoms with Gasteiger partial charge in [0.2, 0.25) is 0 Å². The minimum Gasteiger partial charge on any atom is -0.266 e. The minimum atomic E-state index is 0. The molecular formula is C18H26N2Pd. The zero-order valence-corrected chi connectivity index (χ0v) is 15.5. The Hall–Kier alpha value is -0.908. The molecule has 0 amide bonds. The van der Waals surface area contributed by atoms with Crippen molar-refractivity contribution in [3.63, 3.8) is 0 Å². The first-order valence-corrected chi connectivity index (χ1v) is 7.68. The molecule has 1 aromatic carbocycles. The van der Waals surface area contributed by atoms with Gasteiger partial charge in [0.1, 0.15) is 0 Å². The fourth-order valence-corrected chi connectivity index (χ4v) is 3.03. The predicted octanol–water partition coefficient (Wildman–Crippen LogP) is 4.87. The van der Waals surface area contributed by atoms with Gasteiger partial charge in [-0.25, -0.2) is 0 Å². The molecule has 0 aliphatic carbocycles. The van der Waals surface area contributed by atoms with Crippen LogP contribution < -0.4 is 0 Å². The molecule has 2 rings (SSSR count). The second-order valence-electron chi connectivity index (χ2n) is 5.76. The van der Waals surface area contributed by atoms with Gasteiger partial charge in [-0.15, -0.1) is 0 Å². The Balaban J connectivity index is 0.00000220. The van der Waals surface area contributed by atoms with Crippen molar-refractivity contribution in [2.75, 3.05) is 0 Å². The predicted molar refractivity (Wildman–Crippen MR) is 86.3 cm³/mol. The van der Waals surface area contributed by atoms with Gasteiger partial charge in [-0.05, 0) is 57.2 Å². The van der Waals surface area contributed by atoms with Gasteiger partial charge in [0.25, 0.3) is 0 Å². The van der Waals surface area contributed by atoms with Crippen LogP contribution in [0.3, 0.4) is 0 Å². The van der Waals surface area contributed by atoms with Gasteiger partial charge in [-0.1, -0.05) is 32.0 Å². The van der Waals surface area contributed by atoms with Crippen LogP contribution in [0.15, 0.2) is 18.2 Å². The van der Waals surface area contributed by atoms with Crippen molar-refractivity contribution in [1.82, 2.24) is 9.78 Å². The van der Waals surface area contributed by atoms with Crippen molar-refractivity contribution < 1.29 is 20.4 Å². The average molecular weight is 377 g/mol. The fraction of sp³-hybridized carbons (Fsp3) is 0.500. The maximum atomic E-state index is 4.84. The van der Waals surface area contributed by atoms with E-state index in [9.17, 15) is 0 Å². The van der Waals surface area contributed by atoms with E-state index in [1.165, 1.54) is 33.6 Å². The normalized spacial score (nSPS) is 10.8. The summed E-state index contributed by atoms with van der Waals surface area (Å²) >= 11 is 0. The summed E-state index contributed by atoms with van der Waals surface area (Å²) in [5, 5.41) is 4.84. The van der Waals surface area contributed by atoms with Crippen LogP contribution in [-0.4, -0.2) is 9.78 Å². The average Bonchev–Trinajstić information content (AvgIpc) is 2.75. The Morgan fingerprint density at radius 1 is 1.05 bits per heavy atom. The monoisotopic (exact) mass is 376 g/mol. The van der Waals surface area contributed by atoms with E-state index in [0.29, 0.717) is 6.04 Å². The Morgan fingerprint density at radius 2 is 1.71 bits per heavy atom. The molecule has 118 valence electrons. The topological polar surface area (TPSA) is 17.8 Å². The summed E-state index contributed by atoms with van der Waals surface area (Å²) in [4.78, 5) is 0. The second-order valence-corrected chi connectivity index (χ2v) is 5.76. The third-order valence-corrected chi connectivity index (χ3v) is 4.04. The molecule has 0 aliphatic rings. The molecule has 0 unspecified atom stereocenters. The number of hydrogen-bond donors (Lipinski definition) is 0. The van der Waals surface area contributed by atoms with Gasteiger partial charge in [0.05, 0.1) is 5.69 Å². The molecule has 2 aromatic rings. The third kappa shape index (κ3) is 3.30. The quantitative estimate of drug-likeness (QED) is 0.696. The molecule has 0 radical (unpaired) electrons. The summed E-state index contributed by atoms with van der Waals surface area (Å²) in [6.45, 7) is 13.2. The van der Waals surface area contributed by atoms with Crippen LogP contribution in [0.2, 0.25) is 0 Å². The van der Waals surface area contributed by atoms with E-state index in [1.54, 1.807) is 0 Å². The number of nitrogens with zero attached hydrogens (tertiary/aromatic N) is 2. The second kappa shape index (κ2) is 7.38. The van der Waals surface area contributed by atoms with Crippen LogP contribution in [-0.2, 0) is 33.3 Å². The van der Waals surface area contributed by atoms with E-state index in [-0.39, 0.29) is 20.4 Å². The van der Waals surface area contributed by atoms with Gasteiger partial charge in [0.15, 0.2) is 0 Å². The van der Waals surface area contributed by atoms with Crippen molar-refractivity contribution in [2.45, 2.75) is 60.4 Å². The summed E-state index contributed by atoms with van der Waals surface area (Å²) in [5.74, 6) is 0. The number of aryl methyl sites for hydroxylation is 3.